The first-order valence-electron chi connectivity index (χ1n) is 3.50. The highest BCUT2D eigenvalue weighted by Crippen LogP contribution is 2.31. The Bertz CT molecular complexity index is 184. The highest BCUT2D eigenvalue weighted by atomic mass is 79.9. The molecule has 0 aromatic rings. The van der Waals surface area contributed by atoms with E-state index in [1.54, 1.807) is 0 Å². The lowest BCUT2D eigenvalue weighted by atomic mass is 9.97. The first kappa shape index (κ1) is 7.86. The van der Waals surface area contributed by atoms with Crippen LogP contribution in [0.4, 0.5) is 0 Å². The van der Waals surface area contributed by atoms with Gasteiger partial charge in [-0.1, -0.05) is 35.0 Å². The van der Waals surface area contributed by atoms with Gasteiger partial charge in [-0.2, -0.15) is 0 Å². The summed E-state index contributed by atoms with van der Waals surface area (Å²) in [4.78, 5) is 0. The van der Waals surface area contributed by atoms with E-state index in [9.17, 15) is 0 Å². The molecule has 0 aliphatic heterocycles. The Kier molecular flexibility index (Phi) is 2.19. The van der Waals surface area contributed by atoms with Crippen LogP contribution in [-0.4, -0.2) is 4.32 Å². The molecule has 1 rings (SSSR count). The second-order valence-corrected chi connectivity index (χ2v) is 4.21. The Labute approximate surface area is 70.1 Å². The predicted molar refractivity (Wildman–Crippen MR) is 48.0 cm³/mol. The number of halogens is 1. The molecule has 1 aliphatic rings. The standard InChI is InChI=1S/C8H12BrN/c1-2-8(9)5-3-7(10)4-6-8/h3-5H,2,6,10H2,1H3. The minimum atomic E-state index is 0.176. The van der Waals surface area contributed by atoms with Gasteiger partial charge < -0.3 is 5.73 Å². The highest BCUT2D eigenvalue weighted by molar-refractivity contribution is 9.10. The summed E-state index contributed by atoms with van der Waals surface area (Å²) >= 11 is 3.64. The molecule has 10 heavy (non-hydrogen) atoms. The maximum absolute atomic E-state index is 5.56. The third kappa shape index (κ3) is 1.63. The minimum absolute atomic E-state index is 0.176. The van der Waals surface area contributed by atoms with Crippen LogP contribution in [-0.2, 0) is 0 Å². The maximum atomic E-state index is 5.56. The number of hydrogen-bond acceptors (Lipinski definition) is 1. The van der Waals surface area contributed by atoms with Crippen molar-refractivity contribution in [2.45, 2.75) is 24.1 Å². The Morgan fingerprint density at radius 3 is 2.90 bits per heavy atom. The number of rotatable bonds is 1. The van der Waals surface area contributed by atoms with E-state index in [0.717, 1.165) is 18.5 Å². The smallest absolute Gasteiger partial charge is 0.0473 e. The number of alkyl halides is 1. The monoisotopic (exact) mass is 201 g/mol. The Balaban J connectivity index is 2.67. The van der Waals surface area contributed by atoms with Crippen molar-refractivity contribution in [3.05, 3.63) is 23.9 Å². The summed E-state index contributed by atoms with van der Waals surface area (Å²) < 4.78 is 0.176. The van der Waals surface area contributed by atoms with Gasteiger partial charge in [0.1, 0.15) is 0 Å². The van der Waals surface area contributed by atoms with Crippen LogP contribution in [0.1, 0.15) is 19.8 Å². The zero-order valence-corrected chi connectivity index (χ0v) is 7.69. The van der Waals surface area contributed by atoms with Crippen molar-refractivity contribution in [2.24, 2.45) is 5.73 Å². The number of hydrogen-bond donors (Lipinski definition) is 1. The molecule has 0 amide bonds. The molecule has 0 bridgehead atoms. The van der Waals surface area contributed by atoms with E-state index in [-0.39, 0.29) is 4.32 Å². The molecule has 1 aliphatic carbocycles. The maximum Gasteiger partial charge on any atom is 0.0473 e. The van der Waals surface area contributed by atoms with Crippen molar-refractivity contribution in [3.8, 4) is 0 Å². The van der Waals surface area contributed by atoms with Crippen LogP contribution in [0.2, 0.25) is 0 Å². The summed E-state index contributed by atoms with van der Waals surface area (Å²) in [5, 5.41) is 0. The van der Waals surface area contributed by atoms with E-state index >= 15 is 0 Å². The molecule has 0 aromatic carbocycles. The highest BCUT2D eigenvalue weighted by Gasteiger charge is 2.21. The summed E-state index contributed by atoms with van der Waals surface area (Å²) in [7, 11) is 0. The molecule has 1 nitrogen and oxygen atoms in total. The van der Waals surface area contributed by atoms with E-state index in [4.69, 9.17) is 5.73 Å². The molecule has 56 valence electrons. The summed E-state index contributed by atoms with van der Waals surface area (Å²) in [5.41, 5.74) is 6.44. The predicted octanol–water partition coefficient (Wildman–Crippen LogP) is 2.33. The molecule has 0 spiro atoms. The molecule has 0 aromatic heterocycles. The van der Waals surface area contributed by atoms with Crippen molar-refractivity contribution in [2.75, 3.05) is 0 Å². The van der Waals surface area contributed by atoms with E-state index in [1.165, 1.54) is 0 Å². The average Bonchev–Trinajstić information content (AvgIpc) is 1.96. The molecule has 0 fully saturated rings. The molecule has 2 N–H and O–H groups in total. The van der Waals surface area contributed by atoms with Crippen molar-refractivity contribution in [3.63, 3.8) is 0 Å². The van der Waals surface area contributed by atoms with E-state index in [2.05, 4.69) is 35.0 Å². The van der Waals surface area contributed by atoms with Gasteiger partial charge in [0.05, 0.1) is 0 Å². The molecule has 1 unspecified atom stereocenters. The molecular weight excluding hydrogens is 190 g/mol. The summed E-state index contributed by atoms with van der Waals surface area (Å²) in [5.74, 6) is 0. The van der Waals surface area contributed by atoms with E-state index in [0.29, 0.717) is 0 Å². The molecular formula is C8H12BrN. The first-order chi connectivity index (χ1) is 4.66. The van der Waals surface area contributed by atoms with Crippen LogP contribution in [0.25, 0.3) is 0 Å². The third-order valence-corrected chi connectivity index (χ3v) is 2.99. The van der Waals surface area contributed by atoms with Gasteiger partial charge in [0.15, 0.2) is 0 Å². The lowest BCUT2D eigenvalue weighted by Crippen LogP contribution is -2.18. The molecule has 1 atom stereocenters. The van der Waals surface area contributed by atoms with Crippen molar-refractivity contribution < 1.29 is 0 Å². The van der Waals surface area contributed by atoms with Crippen molar-refractivity contribution in [1.29, 1.82) is 0 Å². The SMILES string of the molecule is CCC1(Br)C=CC(N)=CC1. The molecule has 0 heterocycles. The number of nitrogens with two attached hydrogens (primary N) is 1. The van der Waals surface area contributed by atoms with Gasteiger partial charge in [-0.3, -0.25) is 0 Å². The largest absolute Gasteiger partial charge is 0.399 e. The topological polar surface area (TPSA) is 26.0 Å². The van der Waals surface area contributed by atoms with Crippen LogP contribution in [0.15, 0.2) is 23.9 Å². The Morgan fingerprint density at radius 1 is 1.80 bits per heavy atom. The Hall–Kier alpha value is -0.240. The first-order valence-corrected chi connectivity index (χ1v) is 4.29. The van der Waals surface area contributed by atoms with Crippen LogP contribution in [0, 0.1) is 0 Å². The zero-order valence-electron chi connectivity index (χ0n) is 6.10. The normalized spacial score (nSPS) is 32.0. The van der Waals surface area contributed by atoms with Crippen LogP contribution < -0.4 is 5.73 Å². The van der Waals surface area contributed by atoms with Gasteiger partial charge in [0, 0.05) is 10.0 Å². The zero-order chi connectivity index (χ0) is 7.61. The summed E-state index contributed by atoms with van der Waals surface area (Å²) in [6.07, 6.45) is 8.25. The fourth-order valence-corrected chi connectivity index (χ4v) is 1.23. The van der Waals surface area contributed by atoms with E-state index in [1.807, 2.05) is 6.08 Å². The van der Waals surface area contributed by atoms with Gasteiger partial charge in [0.2, 0.25) is 0 Å². The van der Waals surface area contributed by atoms with Gasteiger partial charge in [-0.05, 0) is 18.9 Å². The molecule has 0 saturated heterocycles. The quantitative estimate of drug-likeness (QED) is 0.649. The van der Waals surface area contributed by atoms with Gasteiger partial charge in [0.25, 0.3) is 0 Å². The fourth-order valence-electron chi connectivity index (χ4n) is 0.931. The fraction of sp³-hybridized carbons (Fsp3) is 0.500. The molecule has 0 saturated carbocycles. The van der Waals surface area contributed by atoms with E-state index < -0.39 is 0 Å². The second kappa shape index (κ2) is 2.79. The van der Waals surface area contributed by atoms with Crippen molar-refractivity contribution in [1.82, 2.24) is 0 Å². The lowest BCUT2D eigenvalue weighted by Gasteiger charge is -2.22. The lowest BCUT2D eigenvalue weighted by molar-refractivity contribution is 0.698. The van der Waals surface area contributed by atoms with Crippen LogP contribution in [0.3, 0.4) is 0 Å². The molecule has 0 radical (unpaired) electrons. The third-order valence-electron chi connectivity index (χ3n) is 1.84. The van der Waals surface area contributed by atoms with Gasteiger partial charge in [-0.15, -0.1) is 0 Å². The van der Waals surface area contributed by atoms with Crippen LogP contribution >= 0.6 is 15.9 Å². The minimum Gasteiger partial charge on any atom is -0.399 e. The number of allylic oxidation sites excluding steroid dienone is 3. The van der Waals surface area contributed by atoms with Gasteiger partial charge >= 0.3 is 0 Å². The summed E-state index contributed by atoms with van der Waals surface area (Å²) in [6.45, 7) is 2.16. The van der Waals surface area contributed by atoms with Crippen molar-refractivity contribution >= 4 is 15.9 Å². The second-order valence-electron chi connectivity index (χ2n) is 2.63. The van der Waals surface area contributed by atoms with Crippen LogP contribution in [0.5, 0.6) is 0 Å². The van der Waals surface area contributed by atoms with Gasteiger partial charge in [-0.25, -0.2) is 0 Å². The summed E-state index contributed by atoms with van der Waals surface area (Å²) in [6, 6.07) is 0. The molecule has 2 heteroatoms. The average molecular weight is 202 g/mol. The Morgan fingerprint density at radius 2 is 2.50 bits per heavy atom.